The molecule has 6 nitrogen and oxygen atoms in total. The number of nitrogens with zero attached hydrogens (tertiary/aromatic N) is 2. The molecule has 1 atom stereocenters. The van der Waals surface area contributed by atoms with Crippen LogP contribution >= 0.6 is 0 Å². The lowest BCUT2D eigenvalue weighted by Gasteiger charge is -2.32. The molecule has 30 heavy (non-hydrogen) atoms. The highest BCUT2D eigenvalue weighted by Crippen LogP contribution is 2.33. The minimum atomic E-state index is -0.501. The van der Waals surface area contributed by atoms with Crippen molar-refractivity contribution in [2.24, 2.45) is 5.92 Å². The zero-order valence-electron chi connectivity index (χ0n) is 17.8. The van der Waals surface area contributed by atoms with Gasteiger partial charge < -0.3 is 20.1 Å². The first-order valence-corrected chi connectivity index (χ1v) is 10.7. The van der Waals surface area contributed by atoms with E-state index >= 15 is 0 Å². The number of nitrogens with one attached hydrogen (secondary N) is 1. The average Bonchev–Trinajstić information content (AvgIpc) is 3.56. The second kappa shape index (κ2) is 9.06. The summed E-state index contributed by atoms with van der Waals surface area (Å²) >= 11 is 0. The molecule has 2 N–H and O–H groups in total. The first-order valence-electron chi connectivity index (χ1n) is 10.7. The van der Waals surface area contributed by atoms with Gasteiger partial charge in [0.05, 0.1) is 12.7 Å². The van der Waals surface area contributed by atoms with E-state index in [4.69, 9.17) is 4.74 Å². The van der Waals surface area contributed by atoms with Crippen LogP contribution in [0, 0.1) is 5.92 Å². The summed E-state index contributed by atoms with van der Waals surface area (Å²) in [6.45, 7) is 3.50. The Kier molecular flexibility index (Phi) is 6.25. The van der Waals surface area contributed by atoms with E-state index < -0.39 is 6.10 Å². The number of urea groups is 1. The molecule has 0 bridgehead atoms. The predicted molar refractivity (Wildman–Crippen MR) is 116 cm³/mol. The van der Waals surface area contributed by atoms with Crippen molar-refractivity contribution in [3.8, 4) is 5.75 Å². The standard InChI is InChI=1S/C24H31N3O3/c1-26(2)24(29)25-12-17-3-5-18(6-4-17)13-27-14-20-9-10-21(30-16-19-7-8-19)11-22(20)23(28)15-27/h3-6,9-11,19,23,28H,7-8,12-16H2,1-2H3,(H,25,29). The number of carbonyl (C=O) groups excluding carboxylic acids is 1. The van der Waals surface area contributed by atoms with Crippen LogP contribution in [0.25, 0.3) is 0 Å². The maximum Gasteiger partial charge on any atom is 0.317 e. The molecular weight excluding hydrogens is 378 g/mol. The maximum atomic E-state index is 11.6. The molecule has 2 aromatic carbocycles. The molecule has 1 aliphatic heterocycles. The summed E-state index contributed by atoms with van der Waals surface area (Å²) in [7, 11) is 3.46. The van der Waals surface area contributed by atoms with Crippen LogP contribution < -0.4 is 10.1 Å². The van der Waals surface area contributed by atoms with Gasteiger partial charge in [0.25, 0.3) is 0 Å². The van der Waals surface area contributed by atoms with Gasteiger partial charge in [0, 0.05) is 40.3 Å². The molecule has 1 heterocycles. The molecule has 4 rings (SSSR count). The Morgan fingerprint density at radius 3 is 2.60 bits per heavy atom. The number of benzene rings is 2. The normalized spacial score (nSPS) is 18.6. The smallest absolute Gasteiger partial charge is 0.317 e. The van der Waals surface area contributed by atoms with Crippen molar-refractivity contribution in [1.82, 2.24) is 15.1 Å². The molecule has 1 aliphatic carbocycles. The fourth-order valence-corrected chi connectivity index (χ4v) is 3.74. The molecule has 2 aliphatic rings. The van der Waals surface area contributed by atoms with Crippen LogP contribution in [0.4, 0.5) is 4.79 Å². The highest BCUT2D eigenvalue weighted by molar-refractivity contribution is 5.73. The van der Waals surface area contributed by atoms with Crippen LogP contribution in [0.15, 0.2) is 42.5 Å². The summed E-state index contributed by atoms with van der Waals surface area (Å²) in [5, 5.41) is 13.6. The zero-order chi connectivity index (χ0) is 21.1. The molecule has 2 amide bonds. The van der Waals surface area contributed by atoms with Crippen LogP contribution in [0.3, 0.4) is 0 Å². The fraction of sp³-hybridized carbons (Fsp3) is 0.458. The molecule has 6 heteroatoms. The number of rotatable bonds is 7. The number of amides is 2. The Labute approximate surface area is 178 Å². The lowest BCUT2D eigenvalue weighted by atomic mass is 9.96. The summed E-state index contributed by atoms with van der Waals surface area (Å²) in [6, 6.07) is 14.3. The van der Waals surface area contributed by atoms with Crippen LogP contribution in [-0.2, 0) is 19.6 Å². The number of hydrogen-bond acceptors (Lipinski definition) is 4. The Bertz CT molecular complexity index is 878. The molecule has 0 radical (unpaired) electrons. The van der Waals surface area contributed by atoms with Crippen LogP contribution in [0.1, 0.15) is 41.2 Å². The van der Waals surface area contributed by atoms with E-state index in [1.165, 1.54) is 23.3 Å². The minimum Gasteiger partial charge on any atom is -0.493 e. The Hall–Kier alpha value is -2.57. The molecule has 1 fully saturated rings. The van der Waals surface area contributed by atoms with Gasteiger partial charge in [-0.15, -0.1) is 0 Å². The predicted octanol–water partition coefficient (Wildman–Crippen LogP) is 3.30. The number of hydrogen-bond donors (Lipinski definition) is 2. The average molecular weight is 410 g/mol. The number of carbonyl (C=O) groups is 1. The van der Waals surface area contributed by atoms with Crippen LogP contribution in [0.5, 0.6) is 5.75 Å². The first kappa shape index (κ1) is 20.7. The van der Waals surface area contributed by atoms with Crippen molar-refractivity contribution in [3.63, 3.8) is 0 Å². The second-order valence-electron chi connectivity index (χ2n) is 8.67. The number of aliphatic hydroxyl groups is 1. The highest BCUT2D eigenvalue weighted by atomic mass is 16.5. The third-order valence-electron chi connectivity index (χ3n) is 5.76. The molecule has 0 aromatic heterocycles. The van der Waals surface area contributed by atoms with Gasteiger partial charge in [-0.1, -0.05) is 30.3 Å². The Morgan fingerprint density at radius 2 is 1.90 bits per heavy atom. The fourth-order valence-electron chi connectivity index (χ4n) is 3.74. The largest absolute Gasteiger partial charge is 0.493 e. The van der Waals surface area contributed by atoms with Crippen LogP contribution in [-0.4, -0.2) is 48.2 Å². The summed E-state index contributed by atoms with van der Waals surface area (Å²) < 4.78 is 5.87. The van der Waals surface area contributed by atoms with Gasteiger partial charge in [-0.2, -0.15) is 0 Å². The van der Waals surface area contributed by atoms with Gasteiger partial charge in [0.15, 0.2) is 0 Å². The molecular formula is C24H31N3O3. The van der Waals surface area contributed by atoms with Crippen LogP contribution in [0.2, 0.25) is 0 Å². The van der Waals surface area contributed by atoms with Crippen molar-refractivity contribution in [1.29, 1.82) is 0 Å². The van der Waals surface area contributed by atoms with E-state index in [0.29, 0.717) is 13.1 Å². The number of β-amino-alcohol motifs (C(OH)–C–C–N with tert-alkyl or cyclic N) is 1. The van der Waals surface area contributed by atoms with Gasteiger partial charge in [0.2, 0.25) is 0 Å². The van der Waals surface area contributed by atoms with Crippen molar-refractivity contribution < 1.29 is 14.6 Å². The van der Waals surface area contributed by atoms with E-state index in [2.05, 4.69) is 28.4 Å². The summed E-state index contributed by atoms with van der Waals surface area (Å²) in [6.07, 6.45) is 2.04. The van der Waals surface area contributed by atoms with Gasteiger partial charge in [-0.05, 0) is 53.1 Å². The summed E-state index contributed by atoms with van der Waals surface area (Å²) in [4.78, 5) is 15.4. The van der Waals surface area contributed by atoms with E-state index in [-0.39, 0.29) is 6.03 Å². The Morgan fingerprint density at radius 1 is 1.17 bits per heavy atom. The lowest BCUT2D eigenvalue weighted by molar-refractivity contribution is 0.0878. The van der Waals surface area contributed by atoms with E-state index in [1.807, 2.05) is 24.3 Å². The van der Waals surface area contributed by atoms with Gasteiger partial charge >= 0.3 is 6.03 Å². The molecule has 1 saturated carbocycles. The number of ether oxygens (including phenoxy) is 1. The molecule has 160 valence electrons. The van der Waals surface area contributed by atoms with Gasteiger partial charge in [-0.3, -0.25) is 4.90 Å². The maximum absolute atomic E-state index is 11.6. The van der Waals surface area contributed by atoms with E-state index in [1.54, 1.807) is 14.1 Å². The molecule has 1 unspecified atom stereocenters. The highest BCUT2D eigenvalue weighted by Gasteiger charge is 2.25. The zero-order valence-corrected chi connectivity index (χ0v) is 17.8. The van der Waals surface area contributed by atoms with Crippen molar-refractivity contribution in [2.75, 3.05) is 27.2 Å². The first-order chi connectivity index (χ1) is 14.5. The summed E-state index contributed by atoms with van der Waals surface area (Å²) in [5.74, 6) is 1.59. The number of fused-ring (bicyclic) bond motifs is 1. The van der Waals surface area contributed by atoms with Gasteiger partial charge in [-0.25, -0.2) is 4.79 Å². The molecule has 2 aromatic rings. The SMILES string of the molecule is CN(C)C(=O)NCc1ccc(CN2Cc3ccc(OCC4CC4)cc3C(O)C2)cc1. The second-order valence-corrected chi connectivity index (χ2v) is 8.67. The van der Waals surface area contributed by atoms with Crippen molar-refractivity contribution >= 4 is 6.03 Å². The lowest BCUT2D eigenvalue weighted by Crippen LogP contribution is -2.34. The monoisotopic (exact) mass is 409 g/mol. The van der Waals surface area contributed by atoms with Crippen molar-refractivity contribution in [3.05, 3.63) is 64.7 Å². The van der Waals surface area contributed by atoms with Crippen molar-refractivity contribution in [2.45, 2.75) is 38.6 Å². The molecule has 0 spiro atoms. The topological polar surface area (TPSA) is 65.0 Å². The molecule has 0 saturated heterocycles. The minimum absolute atomic E-state index is 0.0962. The third kappa shape index (κ3) is 5.32. The van der Waals surface area contributed by atoms with Gasteiger partial charge in [0.1, 0.15) is 5.75 Å². The van der Waals surface area contributed by atoms with E-state index in [0.717, 1.165) is 48.1 Å². The van der Waals surface area contributed by atoms with E-state index in [9.17, 15) is 9.90 Å². The number of aliphatic hydroxyl groups excluding tert-OH is 1. The Balaban J connectivity index is 1.33. The quantitative estimate of drug-likeness (QED) is 0.737. The third-order valence-corrected chi connectivity index (χ3v) is 5.76. The summed E-state index contributed by atoms with van der Waals surface area (Å²) in [5.41, 5.74) is 4.41.